The van der Waals surface area contributed by atoms with Crippen molar-refractivity contribution in [2.24, 2.45) is 0 Å². The molecule has 30 heavy (non-hydrogen) atoms. The normalized spacial score (nSPS) is 11.9. The molecule has 2 aromatic heterocycles. The van der Waals surface area contributed by atoms with Crippen molar-refractivity contribution in [1.82, 2.24) is 20.3 Å². The first-order valence-electron chi connectivity index (χ1n) is 9.23. The molecule has 156 valence electrons. The second kappa shape index (κ2) is 9.03. The summed E-state index contributed by atoms with van der Waals surface area (Å²) >= 11 is 0. The molecule has 1 aromatic carbocycles. The number of benzene rings is 1. The fourth-order valence-electron chi connectivity index (χ4n) is 3.10. The molecule has 5 N–H and O–H groups in total. The number of aliphatic carboxylic acids is 2. The van der Waals surface area contributed by atoms with Crippen LogP contribution < -0.4 is 10.9 Å². The highest BCUT2D eigenvalue weighted by molar-refractivity contribution is 5.96. The van der Waals surface area contributed by atoms with Crippen molar-refractivity contribution in [3.05, 3.63) is 63.8 Å². The molecule has 1 unspecified atom stereocenters. The zero-order valence-corrected chi connectivity index (χ0v) is 15.8. The zero-order chi connectivity index (χ0) is 21.7. The lowest BCUT2D eigenvalue weighted by molar-refractivity contribution is -0.140. The van der Waals surface area contributed by atoms with Crippen molar-refractivity contribution in [2.45, 2.75) is 31.7 Å². The maximum absolute atomic E-state index is 12.3. The number of carbonyl (C=O) groups excluding carboxylic acids is 1. The molecule has 3 rings (SSSR count). The molecule has 0 bridgehead atoms. The minimum Gasteiger partial charge on any atom is -0.481 e. The Morgan fingerprint density at radius 3 is 2.47 bits per heavy atom. The molecule has 0 aliphatic rings. The predicted octanol–water partition coefficient (Wildman–Crippen LogP) is 1.08. The second-order valence-electron chi connectivity index (χ2n) is 6.76. The van der Waals surface area contributed by atoms with Crippen molar-refractivity contribution in [1.29, 1.82) is 0 Å². The number of H-pyrrole nitrogens is 2. The van der Waals surface area contributed by atoms with Gasteiger partial charge >= 0.3 is 11.9 Å². The molecule has 0 radical (unpaired) electrons. The standard InChI is InChI=1S/C20H20N4O6/c25-15(26)8-7-14(20(29)30)24-18(27)12-4-1-11(2-5-12)3-6-13-9-21-17-16(13)19(28)23-10-22-17/h1-2,4-5,9-10,14H,3,6-8H2,(H,24,27)(H,25,26)(H,29,30)(H2,21,22,23,28). The number of aromatic nitrogens is 3. The van der Waals surface area contributed by atoms with Crippen molar-refractivity contribution in [3.8, 4) is 0 Å². The van der Waals surface area contributed by atoms with Crippen molar-refractivity contribution >= 4 is 28.9 Å². The van der Waals surface area contributed by atoms with Gasteiger partial charge in [-0.1, -0.05) is 12.1 Å². The molecular formula is C20H20N4O6. The number of nitrogens with one attached hydrogen (secondary N) is 3. The maximum atomic E-state index is 12.3. The predicted molar refractivity (Wildman–Crippen MR) is 106 cm³/mol. The Morgan fingerprint density at radius 1 is 1.07 bits per heavy atom. The molecule has 0 aliphatic heterocycles. The molecule has 0 saturated heterocycles. The molecule has 1 atom stereocenters. The molecule has 0 aliphatic carbocycles. The molecule has 0 spiro atoms. The molecule has 0 saturated carbocycles. The Balaban J connectivity index is 1.62. The maximum Gasteiger partial charge on any atom is 0.326 e. The average molecular weight is 412 g/mol. The van der Waals surface area contributed by atoms with E-state index in [1.54, 1.807) is 30.5 Å². The third kappa shape index (κ3) is 4.90. The van der Waals surface area contributed by atoms with E-state index in [4.69, 9.17) is 10.2 Å². The quantitative estimate of drug-likeness (QED) is 0.351. The summed E-state index contributed by atoms with van der Waals surface area (Å²) in [4.78, 5) is 55.7. The van der Waals surface area contributed by atoms with Crippen LogP contribution in [0.4, 0.5) is 0 Å². The van der Waals surface area contributed by atoms with Gasteiger partial charge in [-0.3, -0.25) is 14.4 Å². The van der Waals surface area contributed by atoms with Gasteiger partial charge in [0.25, 0.3) is 11.5 Å². The molecule has 10 heteroatoms. The number of carboxylic acids is 2. The number of carboxylic acid groups (broad SMARTS) is 2. The van der Waals surface area contributed by atoms with E-state index in [2.05, 4.69) is 20.3 Å². The smallest absolute Gasteiger partial charge is 0.326 e. The lowest BCUT2D eigenvalue weighted by Crippen LogP contribution is -2.41. The van der Waals surface area contributed by atoms with Crippen LogP contribution in [-0.4, -0.2) is 49.1 Å². The van der Waals surface area contributed by atoms with Gasteiger partial charge in [0.1, 0.15) is 11.7 Å². The summed E-state index contributed by atoms with van der Waals surface area (Å²) in [7, 11) is 0. The van der Waals surface area contributed by atoms with Gasteiger partial charge in [-0.15, -0.1) is 0 Å². The fraction of sp³-hybridized carbons (Fsp3) is 0.250. The number of carbonyl (C=O) groups is 3. The van der Waals surface area contributed by atoms with Crippen LogP contribution in [0.3, 0.4) is 0 Å². The third-order valence-corrected chi connectivity index (χ3v) is 4.71. The van der Waals surface area contributed by atoms with Gasteiger partial charge in [0.15, 0.2) is 0 Å². The van der Waals surface area contributed by atoms with E-state index in [0.29, 0.717) is 23.9 Å². The van der Waals surface area contributed by atoms with E-state index >= 15 is 0 Å². The molecule has 2 heterocycles. The third-order valence-electron chi connectivity index (χ3n) is 4.71. The number of nitrogens with zero attached hydrogens (tertiary/aromatic N) is 1. The summed E-state index contributed by atoms with van der Waals surface area (Å²) in [5.41, 5.74) is 2.36. The van der Waals surface area contributed by atoms with Crippen molar-refractivity contribution in [2.75, 3.05) is 0 Å². The lowest BCUT2D eigenvalue weighted by Gasteiger charge is -2.13. The summed E-state index contributed by atoms with van der Waals surface area (Å²) < 4.78 is 0. The largest absolute Gasteiger partial charge is 0.481 e. The Bertz CT molecular complexity index is 1130. The van der Waals surface area contributed by atoms with Crippen LogP contribution >= 0.6 is 0 Å². The average Bonchev–Trinajstić information content (AvgIpc) is 3.14. The number of fused-ring (bicyclic) bond motifs is 1. The highest BCUT2D eigenvalue weighted by atomic mass is 16.4. The number of hydrogen-bond donors (Lipinski definition) is 5. The van der Waals surface area contributed by atoms with Gasteiger partial charge < -0.3 is 25.5 Å². The van der Waals surface area contributed by atoms with Crippen LogP contribution in [0.5, 0.6) is 0 Å². The highest BCUT2D eigenvalue weighted by Gasteiger charge is 2.21. The summed E-state index contributed by atoms with van der Waals surface area (Å²) in [6.45, 7) is 0. The molecule has 1 amide bonds. The number of rotatable bonds is 9. The summed E-state index contributed by atoms with van der Waals surface area (Å²) in [6, 6.07) is 5.37. The Morgan fingerprint density at radius 2 is 1.80 bits per heavy atom. The van der Waals surface area contributed by atoms with Gasteiger partial charge in [0.05, 0.1) is 11.7 Å². The first kappa shape index (κ1) is 20.8. The van der Waals surface area contributed by atoms with Crippen molar-refractivity contribution in [3.63, 3.8) is 0 Å². The highest BCUT2D eigenvalue weighted by Crippen LogP contribution is 2.15. The van der Waals surface area contributed by atoms with E-state index in [-0.39, 0.29) is 24.0 Å². The topological polar surface area (TPSA) is 165 Å². The van der Waals surface area contributed by atoms with E-state index in [9.17, 15) is 19.2 Å². The Labute approximate surface area is 170 Å². The van der Waals surface area contributed by atoms with Crippen LogP contribution in [0.2, 0.25) is 0 Å². The van der Waals surface area contributed by atoms with E-state index in [0.717, 1.165) is 11.1 Å². The van der Waals surface area contributed by atoms with Gasteiger partial charge in [0.2, 0.25) is 0 Å². The number of aromatic amines is 2. The van der Waals surface area contributed by atoms with Gasteiger partial charge in [-0.25, -0.2) is 9.78 Å². The zero-order valence-electron chi connectivity index (χ0n) is 15.8. The summed E-state index contributed by atoms with van der Waals surface area (Å²) in [6.07, 6.45) is 3.74. The van der Waals surface area contributed by atoms with Crippen LogP contribution in [0, 0.1) is 0 Å². The van der Waals surface area contributed by atoms with Crippen LogP contribution in [0.1, 0.15) is 34.3 Å². The van der Waals surface area contributed by atoms with E-state index in [1.165, 1.54) is 6.33 Å². The number of aryl methyl sites for hydroxylation is 2. The molecule has 10 nitrogen and oxygen atoms in total. The second-order valence-corrected chi connectivity index (χ2v) is 6.76. The fourth-order valence-corrected chi connectivity index (χ4v) is 3.10. The van der Waals surface area contributed by atoms with Crippen LogP contribution in [0.25, 0.3) is 11.0 Å². The first-order valence-corrected chi connectivity index (χ1v) is 9.23. The Kier molecular flexibility index (Phi) is 6.26. The first-order chi connectivity index (χ1) is 14.3. The van der Waals surface area contributed by atoms with Crippen LogP contribution in [0.15, 0.2) is 41.6 Å². The number of amides is 1. The summed E-state index contributed by atoms with van der Waals surface area (Å²) in [5, 5.41) is 20.7. The van der Waals surface area contributed by atoms with E-state index in [1.807, 2.05) is 0 Å². The number of hydrogen-bond acceptors (Lipinski definition) is 5. The molecule has 3 aromatic rings. The monoisotopic (exact) mass is 412 g/mol. The minimum atomic E-state index is -1.29. The van der Waals surface area contributed by atoms with Gasteiger partial charge in [-0.2, -0.15) is 0 Å². The molecular weight excluding hydrogens is 392 g/mol. The van der Waals surface area contributed by atoms with Crippen molar-refractivity contribution < 1.29 is 24.6 Å². The SMILES string of the molecule is O=C(O)CCC(NC(=O)c1ccc(CCc2c[nH]c3nc[nH]c(=O)c23)cc1)C(=O)O. The van der Waals surface area contributed by atoms with Gasteiger partial charge in [-0.05, 0) is 42.5 Å². The van der Waals surface area contributed by atoms with Crippen LogP contribution in [-0.2, 0) is 22.4 Å². The van der Waals surface area contributed by atoms with E-state index < -0.39 is 23.9 Å². The minimum absolute atomic E-state index is 0.201. The Hall–Kier alpha value is -3.95. The lowest BCUT2D eigenvalue weighted by atomic mass is 10.0. The molecule has 0 fully saturated rings. The van der Waals surface area contributed by atoms with Gasteiger partial charge in [0, 0.05) is 18.2 Å². The summed E-state index contributed by atoms with van der Waals surface area (Å²) in [5.74, 6) is -3.01.